The molecule has 3 aromatic rings. The Balaban J connectivity index is 1.37. The van der Waals surface area contributed by atoms with Gasteiger partial charge in [-0.25, -0.2) is 9.37 Å². The molecule has 1 aliphatic heterocycles. The number of hydrogen-bond acceptors (Lipinski definition) is 3. The Morgan fingerprint density at radius 1 is 1.21 bits per heavy atom. The fraction of sp³-hybridized carbons (Fsp3) is 0.250. The lowest BCUT2D eigenvalue weighted by Gasteiger charge is -2.32. The molecule has 1 fully saturated rings. The van der Waals surface area contributed by atoms with Crippen LogP contribution >= 0.6 is 11.6 Å². The lowest BCUT2D eigenvalue weighted by Crippen LogP contribution is -2.46. The summed E-state index contributed by atoms with van der Waals surface area (Å²) in [7, 11) is 0. The Hall–Kier alpha value is -2.93. The van der Waals surface area contributed by atoms with Crippen LogP contribution in [0.4, 0.5) is 4.39 Å². The molecule has 1 aliphatic rings. The number of carbonyl (C=O) groups is 2. The van der Waals surface area contributed by atoms with Crippen LogP contribution in [0.1, 0.15) is 33.6 Å². The number of carbonyl (C=O) groups excluding carboxylic acids is 2. The molecule has 4 rings (SSSR count). The van der Waals surface area contributed by atoms with Gasteiger partial charge in [0.2, 0.25) is 0 Å². The quantitative estimate of drug-likeness (QED) is 0.707. The number of rotatable bonds is 3. The van der Waals surface area contributed by atoms with Crippen molar-refractivity contribution in [2.45, 2.75) is 18.9 Å². The summed E-state index contributed by atoms with van der Waals surface area (Å²) in [6, 6.07) is 9.43. The highest BCUT2D eigenvalue weighted by atomic mass is 35.5. The monoisotopic (exact) mass is 400 g/mol. The number of benzene rings is 2. The summed E-state index contributed by atoms with van der Waals surface area (Å²) in [5.74, 6) is -1.21. The van der Waals surface area contributed by atoms with Crippen molar-refractivity contribution >= 4 is 34.4 Å². The molecule has 0 aliphatic carbocycles. The third kappa shape index (κ3) is 3.57. The first-order valence-electron chi connectivity index (χ1n) is 9.00. The molecular weight excluding hydrogens is 383 g/mol. The second kappa shape index (κ2) is 7.59. The van der Waals surface area contributed by atoms with E-state index in [0.29, 0.717) is 31.5 Å². The summed E-state index contributed by atoms with van der Waals surface area (Å²) in [6.45, 7) is 0.849. The molecule has 0 spiro atoms. The minimum Gasteiger partial charge on any atom is -0.349 e. The molecule has 2 N–H and O–H groups in total. The number of aromatic nitrogens is 2. The minimum absolute atomic E-state index is 0.0508. The van der Waals surface area contributed by atoms with Gasteiger partial charge in [-0.05, 0) is 43.2 Å². The van der Waals surface area contributed by atoms with Crippen LogP contribution in [0.2, 0.25) is 5.02 Å². The van der Waals surface area contributed by atoms with E-state index in [4.69, 9.17) is 11.6 Å². The third-order valence-corrected chi connectivity index (χ3v) is 5.29. The number of nitrogens with zero attached hydrogens (tertiary/aromatic N) is 2. The number of fused-ring (bicyclic) bond motifs is 1. The molecule has 1 aromatic heterocycles. The van der Waals surface area contributed by atoms with Crippen LogP contribution in [0.25, 0.3) is 11.0 Å². The van der Waals surface area contributed by atoms with Crippen molar-refractivity contribution in [3.8, 4) is 0 Å². The van der Waals surface area contributed by atoms with E-state index in [1.807, 2.05) is 0 Å². The zero-order valence-corrected chi connectivity index (χ0v) is 15.7. The average molecular weight is 401 g/mol. The zero-order chi connectivity index (χ0) is 19.7. The van der Waals surface area contributed by atoms with E-state index < -0.39 is 11.7 Å². The fourth-order valence-corrected chi connectivity index (χ4v) is 3.68. The van der Waals surface area contributed by atoms with Gasteiger partial charge in [-0.1, -0.05) is 17.7 Å². The van der Waals surface area contributed by atoms with Gasteiger partial charge in [-0.15, -0.1) is 0 Å². The first kappa shape index (κ1) is 18.4. The summed E-state index contributed by atoms with van der Waals surface area (Å²) < 4.78 is 14.0. The van der Waals surface area contributed by atoms with Crippen molar-refractivity contribution in [3.63, 3.8) is 0 Å². The fourth-order valence-electron chi connectivity index (χ4n) is 3.43. The molecule has 1 saturated heterocycles. The van der Waals surface area contributed by atoms with Crippen LogP contribution in [-0.4, -0.2) is 45.8 Å². The van der Waals surface area contributed by atoms with Crippen LogP contribution in [-0.2, 0) is 0 Å². The third-order valence-electron chi connectivity index (χ3n) is 4.98. The van der Waals surface area contributed by atoms with Gasteiger partial charge in [0, 0.05) is 24.7 Å². The highest BCUT2D eigenvalue weighted by Crippen LogP contribution is 2.23. The number of hydrogen-bond donors (Lipinski definition) is 2. The Labute approximate surface area is 165 Å². The van der Waals surface area contributed by atoms with Crippen LogP contribution in [0, 0.1) is 5.82 Å². The molecule has 0 radical (unpaired) electrons. The molecule has 2 aromatic carbocycles. The molecule has 144 valence electrons. The molecule has 0 saturated carbocycles. The summed E-state index contributed by atoms with van der Waals surface area (Å²) in [5.41, 5.74) is 2.05. The van der Waals surface area contributed by atoms with Crippen molar-refractivity contribution in [1.29, 1.82) is 0 Å². The lowest BCUT2D eigenvalue weighted by molar-refractivity contribution is 0.0694. The van der Waals surface area contributed by atoms with Crippen LogP contribution < -0.4 is 5.32 Å². The highest BCUT2D eigenvalue weighted by molar-refractivity contribution is 6.33. The standard InChI is InChI=1S/C20H18ClFN4O2/c21-14-2-1-3-15(22)18(14)20(28)26-8-6-13(7-9-26)25-19(27)12-4-5-16-17(10-12)24-11-23-16/h1-5,10-11,13H,6-9H2,(H,23,24)(H,25,27). The first-order valence-corrected chi connectivity index (χ1v) is 9.38. The SMILES string of the molecule is O=C(NC1CCN(C(=O)c2c(F)cccc2Cl)CC1)c1ccc2nc[nH]c2c1. The van der Waals surface area contributed by atoms with E-state index in [-0.39, 0.29) is 22.5 Å². The maximum Gasteiger partial charge on any atom is 0.258 e. The normalized spacial score (nSPS) is 15.0. The summed E-state index contributed by atoms with van der Waals surface area (Å²) in [4.78, 5) is 33.8. The number of aromatic amines is 1. The Kier molecular flexibility index (Phi) is 5.00. The predicted molar refractivity (Wildman–Crippen MR) is 104 cm³/mol. The van der Waals surface area contributed by atoms with Gasteiger partial charge in [-0.2, -0.15) is 0 Å². The number of likely N-dealkylation sites (tertiary alicyclic amines) is 1. The number of halogens is 2. The molecule has 2 heterocycles. The molecular formula is C20H18ClFN4O2. The number of piperidine rings is 1. The largest absolute Gasteiger partial charge is 0.349 e. The maximum atomic E-state index is 14.0. The molecule has 2 amide bonds. The van der Waals surface area contributed by atoms with Crippen molar-refractivity contribution in [2.75, 3.05) is 13.1 Å². The van der Waals surface area contributed by atoms with E-state index in [9.17, 15) is 14.0 Å². The number of amides is 2. The van der Waals surface area contributed by atoms with Crippen molar-refractivity contribution < 1.29 is 14.0 Å². The zero-order valence-electron chi connectivity index (χ0n) is 14.9. The minimum atomic E-state index is -0.623. The van der Waals surface area contributed by atoms with Gasteiger partial charge in [-0.3, -0.25) is 9.59 Å². The van der Waals surface area contributed by atoms with Crippen LogP contribution in [0.5, 0.6) is 0 Å². The maximum absolute atomic E-state index is 14.0. The summed E-state index contributed by atoms with van der Waals surface area (Å²) in [6.07, 6.45) is 2.77. The second-order valence-corrected chi connectivity index (χ2v) is 7.18. The van der Waals surface area contributed by atoms with E-state index >= 15 is 0 Å². The van der Waals surface area contributed by atoms with Gasteiger partial charge < -0.3 is 15.2 Å². The van der Waals surface area contributed by atoms with Crippen molar-refractivity contribution in [1.82, 2.24) is 20.2 Å². The molecule has 0 bridgehead atoms. The number of imidazole rings is 1. The van der Waals surface area contributed by atoms with E-state index in [1.54, 1.807) is 29.4 Å². The van der Waals surface area contributed by atoms with Gasteiger partial charge in [0.15, 0.2) is 0 Å². The smallest absolute Gasteiger partial charge is 0.258 e. The molecule has 6 nitrogen and oxygen atoms in total. The summed E-state index contributed by atoms with van der Waals surface area (Å²) in [5, 5.41) is 3.11. The first-order chi connectivity index (χ1) is 13.5. The molecule has 28 heavy (non-hydrogen) atoms. The van der Waals surface area contributed by atoms with Gasteiger partial charge >= 0.3 is 0 Å². The van der Waals surface area contributed by atoms with Gasteiger partial charge in [0.25, 0.3) is 11.8 Å². The van der Waals surface area contributed by atoms with E-state index in [0.717, 1.165) is 11.0 Å². The van der Waals surface area contributed by atoms with E-state index in [1.165, 1.54) is 18.2 Å². The molecule has 0 unspecified atom stereocenters. The Morgan fingerprint density at radius 2 is 2.00 bits per heavy atom. The number of H-pyrrole nitrogens is 1. The topological polar surface area (TPSA) is 78.1 Å². The lowest BCUT2D eigenvalue weighted by atomic mass is 10.0. The molecule has 8 heteroatoms. The number of nitrogens with one attached hydrogen (secondary N) is 2. The van der Waals surface area contributed by atoms with Crippen LogP contribution in [0.3, 0.4) is 0 Å². The van der Waals surface area contributed by atoms with Crippen molar-refractivity contribution in [2.24, 2.45) is 0 Å². The van der Waals surface area contributed by atoms with Gasteiger partial charge in [0.1, 0.15) is 5.82 Å². The predicted octanol–water partition coefficient (Wildman–Crippen LogP) is 3.39. The van der Waals surface area contributed by atoms with Crippen molar-refractivity contribution in [3.05, 3.63) is 64.7 Å². The summed E-state index contributed by atoms with van der Waals surface area (Å²) >= 11 is 5.99. The Bertz CT molecular complexity index is 1020. The second-order valence-electron chi connectivity index (χ2n) is 6.77. The van der Waals surface area contributed by atoms with Gasteiger partial charge in [0.05, 0.1) is 27.9 Å². The molecule has 0 atom stereocenters. The highest BCUT2D eigenvalue weighted by Gasteiger charge is 2.27. The Morgan fingerprint density at radius 3 is 2.75 bits per heavy atom. The van der Waals surface area contributed by atoms with E-state index in [2.05, 4.69) is 15.3 Å². The van der Waals surface area contributed by atoms with Crippen LogP contribution in [0.15, 0.2) is 42.7 Å². The average Bonchev–Trinajstić information content (AvgIpc) is 3.16.